The summed E-state index contributed by atoms with van der Waals surface area (Å²) in [5.41, 5.74) is -0.0914. The van der Waals surface area contributed by atoms with Crippen molar-refractivity contribution in [2.24, 2.45) is 11.8 Å². The predicted molar refractivity (Wildman–Crippen MR) is 143 cm³/mol. The molecular formula is C32H42F4O2. The summed E-state index contributed by atoms with van der Waals surface area (Å²) in [7, 11) is 0. The Balaban J connectivity index is 1.30. The minimum absolute atomic E-state index is 0.0200. The standard InChI is InChI=1S/C32H42F4O2/c1-3-5-21-37-27-18-17-26(29(34)30(27)35)23-14-11-22(12-15-23)13-16-24-19-20-32(38-4-2,31(36)28(24)33)25-9-7-6-8-10-25/h6-10,17-18,22-24,28,31H,3-5,11-16,19-21H2,1-2H3/t22?,23?,24?,28?,31-,32-/m1/s1. The number of rotatable bonds is 11. The number of halogens is 4. The van der Waals surface area contributed by atoms with Gasteiger partial charge in [-0.15, -0.1) is 0 Å². The van der Waals surface area contributed by atoms with Crippen LogP contribution in [-0.2, 0) is 10.3 Å². The molecule has 0 aromatic heterocycles. The van der Waals surface area contributed by atoms with Crippen molar-refractivity contribution in [3.05, 3.63) is 65.2 Å². The highest BCUT2D eigenvalue weighted by molar-refractivity contribution is 5.33. The van der Waals surface area contributed by atoms with Crippen LogP contribution in [-0.4, -0.2) is 25.6 Å². The Hall–Kier alpha value is -2.08. The molecule has 4 atom stereocenters. The number of hydrogen-bond donors (Lipinski definition) is 0. The van der Waals surface area contributed by atoms with Crippen molar-refractivity contribution >= 4 is 0 Å². The Morgan fingerprint density at radius 2 is 1.61 bits per heavy atom. The van der Waals surface area contributed by atoms with E-state index in [2.05, 4.69) is 0 Å². The van der Waals surface area contributed by atoms with E-state index >= 15 is 8.78 Å². The maximum Gasteiger partial charge on any atom is 0.200 e. The van der Waals surface area contributed by atoms with Crippen molar-refractivity contribution in [3.8, 4) is 5.75 Å². The SMILES string of the molecule is CCCCOc1ccc(C2CCC(CCC3CC[C@@](OCC)(c4ccccc4)[C@H](F)C3F)CC2)c(F)c1F. The molecule has 6 heteroatoms. The molecule has 0 bridgehead atoms. The van der Waals surface area contributed by atoms with Crippen molar-refractivity contribution < 1.29 is 27.0 Å². The minimum atomic E-state index is -1.70. The van der Waals surface area contributed by atoms with Crippen molar-refractivity contribution in [2.75, 3.05) is 13.2 Å². The average molecular weight is 535 g/mol. The number of ether oxygens (including phenoxy) is 2. The lowest BCUT2D eigenvalue weighted by molar-refractivity contribution is -0.157. The highest BCUT2D eigenvalue weighted by Gasteiger charge is 2.52. The van der Waals surface area contributed by atoms with Gasteiger partial charge in [-0.3, -0.25) is 0 Å². The zero-order valence-corrected chi connectivity index (χ0v) is 22.7. The number of alkyl halides is 2. The van der Waals surface area contributed by atoms with Gasteiger partial charge in [0, 0.05) is 6.61 Å². The maximum absolute atomic E-state index is 15.6. The number of unbranched alkanes of at least 4 members (excludes halogenated alkanes) is 1. The van der Waals surface area contributed by atoms with Crippen LogP contribution in [0.4, 0.5) is 17.6 Å². The van der Waals surface area contributed by atoms with Crippen molar-refractivity contribution in [1.29, 1.82) is 0 Å². The zero-order chi connectivity index (χ0) is 27.1. The van der Waals surface area contributed by atoms with E-state index in [0.29, 0.717) is 49.5 Å². The third kappa shape index (κ3) is 6.21. The van der Waals surface area contributed by atoms with E-state index in [4.69, 9.17) is 9.47 Å². The van der Waals surface area contributed by atoms with Gasteiger partial charge in [-0.25, -0.2) is 13.2 Å². The molecule has 2 aromatic carbocycles. The van der Waals surface area contributed by atoms with Crippen LogP contribution < -0.4 is 4.74 Å². The van der Waals surface area contributed by atoms with Crippen LogP contribution in [0.2, 0.25) is 0 Å². The Kier molecular flexibility index (Phi) is 10.1. The molecule has 0 heterocycles. The van der Waals surface area contributed by atoms with Crippen molar-refractivity contribution in [1.82, 2.24) is 0 Å². The van der Waals surface area contributed by atoms with Crippen LogP contribution in [0.25, 0.3) is 0 Å². The molecule has 38 heavy (non-hydrogen) atoms. The van der Waals surface area contributed by atoms with Gasteiger partial charge in [-0.2, -0.15) is 4.39 Å². The van der Waals surface area contributed by atoms with Crippen LogP contribution in [0.5, 0.6) is 5.75 Å². The van der Waals surface area contributed by atoms with E-state index < -0.39 is 29.6 Å². The first-order valence-electron chi connectivity index (χ1n) is 14.5. The first-order valence-corrected chi connectivity index (χ1v) is 14.5. The topological polar surface area (TPSA) is 18.5 Å². The molecular weight excluding hydrogens is 492 g/mol. The summed E-state index contributed by atoms with van der Waals surface area (Å²) in [6.07, 6.45) is 4.29. The molecule has 210 valence electrons. The summed E-state index contributed by atoms with van der Waals surface area (Å²) in [6.45, 7) is 4.54. The number of hydrogen-bond acceptors (Lipinski definition) is 2. The lowest BCUT2D eigenvalue weighted by atomic mass is 9.70. The van der Waals surface area contributed by atoms with Gasteiger partial charge in [0.1, 0.15) is 11.8 Å². The van der Waals surface area contributed by atoms with E-state index in [0.717, 1.165) is 44.9 Å². The van der Waals surface area contributed by atoms with Gasteiger partial charge < -0.3 is 9.47 Å². The molecule has 0 amide bonds. The highest BCUT2D eigenvalue weighted by Crippen LogP contribution is 2.48. The first-order chi connectivity index (χ1) is 18.4. The Morgan fingerprint density at radius 3 is 2.29 bits per heavy atom. The molecule has 2 nitrogen and oxygen atoms in total. The maximum atomic E-state index is 15.6. The fourth-order valence-electron chi connectivity index (χ4n) is 6.52. The summed E-state index contributed by atoms with van der Waals surface area (Å²) in [5, 5.41) is 0. The fourth-order valence-corrected chi connectivity index (χ4v) is 6.52. The Morgan fingerprint density at radius 1 is 0.868 bits per heavy atom. The predicted octanol–water partition coefficient (Wildman–Crippen LogP) is 9.22. The molecule has 2 unspecified atom stereocenters. The van der Waals surface area contributed by atoms with Crippen LogP contribution in [0.15, 0.2) is 42.5 Å². The second-order valence-electron chi connectivity index (χ2n) is 11.1. The zero-order valence-electron chi connectivity index (χ0n) is 22.7. The summed E-state index contributed by atoms with van der Waals surface area (Å²) in [4.78, 5) is 0. The average Bonchev–Trinajstić information content (AvgIpc) is 2.94. The molecule has 0 aliphatic heterocycles. The summed E-state index contributed by atoms with van der Waals surface area (Å²) in [5.74, 6) is -1.67. The number of benzene rings is 2. The molecule has 2 aliphatic carbocycles. The van der Waals surface area contributed by atoms with Crippen LogP contribution in [0.3, 0.4) is 0 Å². The van der Waals surface area contributed by atoms with Gasteiger partial charge in [0.15, 0.2) is 17.7 Å². The molecule has 2 saturated carbocycles. The largest absolute Gasteiger partial charge is 0.490 e. The van der Waals surface area contributed by atoms with Crippen molar-refractivity contribution in [3.63, 3.8) is 0 Å². The summed E-state index contributed by atoms with van der Waals surface area (Å²) < 4.78 is 71.8. The normalized spacial score (nSPS) is 29.8. The third-order valence-electron chi connectivity index (χ3n) is 8.79. The minimum Gasteiger partial charge on any atom is -0.490 e. The lowest BCUT2D eigenvalue weighted by Crippen LogP contribution is -2.51. The van der Waals surface area contributed by atoms with Gasteiger partial charge in [0.2, 0.25) is 5.82 Å². The van der Waals surface area contributed by atoms with Gasteiger partial charge in [0.05, 0.1) is 6.61 Å². The smallest absolute Gasteiger partial charge is 0.200 e. The van der Waals surface area contributed by atoms with Crippen LogP contribution in [0.1, 0.15) is 95.1 Å². The third-order valence-corrected chi connectivity index (χ3v) is 8.79. The Labute approximate surface area is 225 Å². The van der Waals surface area contributed by atoms with Crippen LogP contribution >= 0.6 is 0 Å². The fraction of sp³-hybridized carbons (Fsp3) is 0.625. The van der Waals surface area contributed by atoms with Crippen molar-refractivity contribution in [2.45, 2.75) is 102 Å². The van der Waals surface area contributed by atoms with E-state index in [1.165, 1.54) is 0 Å². The lowest BCUT2D eigenvalue weighted by Gasteiger charge is -2.45. The van der Waals surface area contributed by atoms with E-state index in [9.17, 15) is 8.78 Å². The monoisotopic (exact) mass is 534 g/mol. The second-order valence-corrected chi connectivity index (χ2v) is 11.1. The molecule has 2 aromatic rings. The molecule has 2 fully saturated rings. The van der Waals surface area contributed by atoms with Gasteiger partial charge in [-0.1, -0.05) is 56.2 Å². The molecule has 2 aliphatic rings. The summed E-state index contributed by atoms with van der Waals surface area (Å²) in [6, 6.07) is 12.4. The molecule has 0 radical (unpaired) electrons. The van der Waals surface area contributed by atoms with Crippen LogP contribution in [0, 0.1) is 23.5 Å². The van der Waals surface area contributed by atoms with Gasteiger partial charge >= 0.3 is 0 Å². The Bertz CT molecular complexity index is 1010. The van der Waals surface area contributed by atoms with E-state index in [-0.39, 0.29) is 17.6 Å². The van der Waals surface area contributed by atoms with E-state index in [1.54, 1.807) is 12.1 Å². The molecule has 4 rings (SSSR count). The molecule has 0 spiro atoms. The first kappa shape index (κ1) is 28.9. The second kappa shape index (κ2) is 13.3. The quantitative estimate of drug-likeness (QED) is 0.211. The molecule has 0 saturated heterocycles. The highest BCUT2D eigenvalue weighted by atomic mass is 19.2. The molecule has 0 N–H and O–H groups in total. The summed E-state index contributed by atoms with van der Waals surface area (Å²) >= 11 is 0. The van der Waals surface area contributed by atoms with E-state index in [1.807, 2.05) is 44.2 Å². The van der Waals surface area contributed by atoms with Gasteiger partial charge in [0.25, 0.3) is 0 Å². The van der Waals surface area contributed by atoms with Gasteiger partial charge in [-0.05, 0) is 93.2 Å².